The SMILES string of the molecule is C[C@]12CC[C@H]3[C@@H](CC[C@H]4C[C@H](O)CC[C@@]43CCO)[C@@H]1CC[C@@H]2C(=O)Cn1ccnc1. The zero-order valence-electron chi connectivity index (χ0n) is 18.4. The van der Waals surface area contributed by atoms with E-state index in [0.29, 0.717) is 36.0 Å². The number of carbonyl (C=O) groups is 1. The van der Waals surface area contributed by atoms with E-state index in [1.165, 1.54) is 25.7 Å². The van der Waals surface area contributed by atoms with Gasteiger partial charge < -0.3 is 14.8 Å². The Morgan fingerprint density at radius 3 is 2.77 bits per heavy atom. The van der Waals surface area contributed by atoms with Crippen LogP contribution in [0.3, 0.4) is 0 Å². The number of carbonyl (C=O) groups excluding carboxylic acids is 1. The Morgan fingerprint density at radius 1 is 1.13 bits per heavy atom. The predicted octanol–water partition coefficient (Wildman–Crippen LogP) is 3.83. The molecule has 5 nitrogen and oxygen atoms in total. The van der Waals surface area contributed by atoms with Crippen molar-refractivity contribution in [2.45, 2.75) is 83.8 Å². The highest BCUT2D eigenvalue weighted by atomic mass is 16.3. The van der Waals surface area contributed by atoms with Crippen LogP contribution in [0.4, 0.5) is 0 Å². The molecule has 0 spiro atoms. The fourth-order valence-corrected chi connectivity index (χ4v) is 8.93. The number of aromatic nitrogens is 2. The molecule has 0 aromatic carbocycles. The first-order valence-electron chi connectivity index (χ1n) is 12.3. The van der Waals surface area contributed by atoms with Crippen molar-refractivity contribution in [3.63, 3.8) is 0 Å². The Hall–Kier alpha value is -1.20. The van der Waals surface area contributed by atoms with E-state index in [-0.39, 0.29) is 29.5 Å². The van der Waals surface area contributed by atoms with E-state index in [1.807, 2.05) is 10.8 Å². The lowest BCUT2D eigenvalue weighted by molar-refractivity contribution is -0.148. The monoisotopic (exact) mass is 414 g/mol. The fourth-order valence-electron chi connectivity index (χ4n) is 8.93. The third kappa shape index (κ3) is 3.10. The van der Waals surface area contributed by atoms with Crippen LogP contribution in [-0.2, 0) is 11.3 Å². The predicted molar refractivity (Wildman–Crippen MR) is 114 cm³/mol. The maximum atomic E-state index is 13.3. The van der Waals surface area contributed by atoms with Crippen molar-refractivity contribution in [3.05, 3.63) is 18.7 Å². The summed E-state index contributed by atoms with van der Waals surface area (Å²) in [4.78, 5) is 17.3. The lowest BCUT2D eigenvalue weighted by Gasteiger charge is -2.62. The normalized spacial score (nSPS) is 45.4. The van der Waals surface area contributed by atoms with E-state index in [9.17, 15) is 15.0 Å². The zero-order chi connectivity index (χ0) is 20.9. The van der Waals surface area contributed by atoms with Crippen molar-refractivity contribution in [3.8, 4) is 0 Å². The van der Waals surface area contributed by atoms with Gasteiger partial charge >= 0.3 is 0 Å². The van der Waals surface area contributed by atoms with E-state index < -0.39 is 0 Å². The maximum Gasteiger partial charge on any atom is 0.156 e. The van der Waals surface area contributed by atoms with Gasteiger partial charge in [-0.25, -0.2) is 4.98 Å². The zero-order valence-corrected chi connectivity index (χ0v) is 18.4. The second-order valence-corrected chi connectivity index (χ2v) is 11.2. The van der Waals surface area contributed by atoms with Gasteiger partial charge in [0.1, 0.15) is 0 Å². The highest BCUT2D eigenvalue weighted by molar-refractivity contribution is 5.82. The highest BCUT2D eigenvalue weighted by Crippen LogP contribution is 2.68. The molecule has 8 atom stereocenters. The number of aliphatic hydroxyl groups is 2. The lowest BCUT2D eigenvalue weighted by atomic mass is 9.43. The molecule has 4 fully saturated rings. The molecule has 1 heterocycles. The first kappa shape index (κ1) is 20.7. The number of imidazole rings is 1. The number of hydrogen-bond acceptors (Lipinski definition) is 4. The second-order valence-electron chi connectivity index (χ2n) is 11.2. The lowest BCUT2D eigenvalue weighted by Crippen LogP contribution is -2.55. The first-order chi connectivity index (χ1) is 14.5. The summed E-state index contributed by atoms with van der Waals surface area (Å²) in [5, 5.41) is 20.3. The molecular weight excluding hydrogens is 376 g/mol. The average Bonchev–Trinajstić information content (AvgIpc) is 3.35. The van der Waals surface area contributed by atoms with Gasteiger partial charge in [0.15, 0.2) is 5.78 Å². The molecule has 5 heteroatoms. The summed E-state index contributed by atoms with van der Waals surface area (Å²) in [6.07, 6.45) is 16.0. The molecule has 30 heavy (non-hydrogen) atoms. The number of rotatable bonds is 5. The summed E-state index contributed by atoms with van der Waals surface area (Å²) in [6.45, 7) is 3.13. The third-order valence-corrected chi connectivity index (χ3v) is 10.2. The van der Waals surface area contributed by atoms with E-state index >= 15 is 0 Å². The molecule has 4 saturated carbocycles. The Labute approximate surface area is 180 Å². The molecule has 4 aliphatic carbocycles. The van der Waals surface area contributed by atoms with Crippen LogP contribution in [0.5, 0.6) is 0 Å². The number of nitrogens with zero attached hydrogens (tertiary/aromatic N) is 2. The summed E-state index contributed by atoms with van der Waals surface area (Å²) in [7, 11) is 0. The van der Waals surface area contributed by atoms with Gasteiger partial charge in [-0.2, -0.15) is 0 Å². The van der Waals surface area contributed by atoms with E-state index in [2.05, 4.69) is 11.9 Å². The van der Waals surface area contributed by atoms with Crippen molar-refractivity contribution in [2.75, 3.05) is 6.61 Å². The van der Waals surface area contributed by atoms with Crippen molar-refractivity contribution < 1.29 is 15.0 Å². The Bertz CT molecular complexity index is 764. The smallest absolute Gasteiger partial charge is 0.156 e. The number of fused-ring (bicyclic) bond motifs is 5. The second kappa shape index (κ2) is 7.74. The summed E-state index contributed by atoms with van der Waals surface area (Å²) in [5.41, 5.74) is 0.345. The molecule has 4 aliphatic rings. The first-order valence-corrected chi connectivity index (χ1v) is 12.3. The number of aliphatic hydroxyl groups excluding tert-OH is 2. The average molecular weight is 415 g/mol. The topological polar surface area (TPSA) is 75.3 Å². The van der Waals surface area contributed by atoms with Crippen LogP contribution < -0.4 is 0 Å². The Morgan fingerprint density at radius 2 is 2.00 bits per heavy atom. The van der Waals surface area contributed by atoms with Gasteiger partial charge in [-0.05, 0) is 98.7 Å². The van der Waals surface area contributed by atoms with E-state index in [4.69, 9.17) is 0 Å². The minimum absolute atomic E-state index is 0.125. The summed E-state index contributed by atoms with van der Waals surface area (Å²) >= 11 is 0. The van der Waals surface area contributed by atoms with Crippen LogP contribution in [0.1, 0.15) is 71.1 Å². The number of Topliss-reactive ketones (excluding diaryl/α,β-unsaturated/α-hetero) is 1. The van der Waals surface area contributed by atoms with Crippen LogP contribution >= 0.6 is 0 Å². The standard InChI is InChI=1S/C25H38N2O3/c1-24-8-7-21-19(3-2-17-14-18(29)6-9-25(17,21)10-13-28)20(24)4-5-22(24)23(30)15-27-12-11-26-16-27/h11-12,16-22,28-29H,2-10,13-15H2,1H3/t17-,18+,19-,20-,21-,22+,24-,25+/m0/s1. The minimum Gasteiger partial charge on any atom is -0.396 e. The van der Waals surface area contributed by atoms with Gasteiger partial charge in [0.05, 0.1) is 19.0 Å². The van der Waals surface area contributed by atoms with Gasteiger partial charge in [0.25, 0.3) is 0 Å². The molecule has 1 aromatic rings. The molecule has 166 valence electrons. The van der Waals surface area contributed by atoms with Gasteiger partial charge in [-0.1, -0.05) is 6.92 Å². The molecular formula is C25H38N2O3. The third-order valence-electron chi connectivity index (χ3n) is 10.2. The van der Waals surface area contributed by atoms with Gasteiger partial charge in [0.2, 0.25) is 0 Å². The summed E-state index contributed by atoms with van der Waals surface area (Å²) < 4.78 is 1.92. The quantitative estimate of drug-likeness (QED) is 0.768. The van der Waals surface area contributed by atoms with Crippen LogP contribution in [0.15, 0.2) is 18.7 Å². The van der Waals surface area contributed by atoms with Crippen molar-refractivity contribution in [2.24, 2.45) is 40.4 Å². The van der Waals surface area contributed by atoms with Crippen molar-refractivity contribution in [1.29, 1.82) is 0 Å². The molecule has 0 saturated heterocycles. The van der Waals surface area contributed by atoms with Crippen LogP contribution in [-0.4, -0.2) is 38.3 Å². The van der Waals surface area contributed by atoms with Crippen molar-refractivity contribution in [1.82, 2.24) is 9.55 Å². The van der Waals surface area contributed by atoms with Gasteiger partial charge in [-0.3, -0.25) is 4.79 Å². The van der Waals surface area contributed by atoms with Crippen LogP contribution in [0.25, 0.3) is 0 Å². The largest absolute Gasteiger partial charge is 0.396 e. The minimum atomic E-state index is -0.149. The highest BCUT2D eigenvalue weighted by Gasteiger charge is 2.62. The van der Waals surface area contributed by atoms with E-state index in [0.717, 1.165) is 38.5 Å². The van der Waals surface area contributed by atoms with Crippen molar-refractivity contribution >= 4 is 5.78 Å². The van der Waals surface area contributed by atoms with Gasteiger partial charge in [0, 0.05) is 24.9 Å². The van der Waals surface area contributed by atoms with Gasteiger partial charge in [-0.15, -0.1) is 0 Å². The molecule has 0 unspecified atom stereocenters. The number of hydrogen-bond donors (Lipinski definition) is 2. The Balaban J connectivity index is 1.38. The molecule has 0 amide bonds. The molecule has 5 rings (SSSR count). The molecule has 0 bridgehead atoms. The fraction of sp³-hybridized carbons (Fsp3) is 0.840. The maximum absolute atomic E-state index is 13.3. The summed E-state index contributed by atoms with van der Waals surface area (Å²) in [5.74, 6) is 3.11. The van der Waals surface area contributed by atoms with Crippen LogP contribution in [0, 0.1) is 40.4 Å². The van der Waals surface area contributed by atoms with E-state index in [1.54, 1.807) is 12.5 Å². The Kier molecular flexibility index (Phi) is 5.34. The van der Waals surface area contributed by atoms with Crippen LogP contribution in [0.2, 0.25) is 0 Å². The molecule has 0 radical (unpaired) electrons. The molecule has 2 N–H and O–H groups in total. The molecule has 0 aliphatic heterocycles. The number of ketones is 1. The summed E-state index contributed by atoms with van der Waals surface area (Å²) in [6, 6.07) is 0. The molecule has 1 aromatic heterocycles.